The number of hydrogen-bond donors (Lipinski definition) is 0. The van der Waals surface area contributed by atoms with E-state index in [2.05, 4.69) is 4.74 Å². The van der Waals surface area contributed by atoms with Crippen LogP contribution in [0.2, 0.25) is 0 Å². The quantitative estimate of drug-likeness (QED) is 0.557. The molecular weight excluding hydrogens is 148 g/mol. The Labute approximate surface area is 65.5 Å². The van der Waals surface area contributed by atoms with Gasteiger partial charge in [0.15, 0.2) is 6.10 Å². The Bertz CT molecular complexity index is 141. The van der Waals surface area contributed by atoms with Gasteiger partial charge in [-0.15, -0.1) is 0 Å². The highest BCUT2D eigenvalue weighted by atomic mass is 16.6. The maximum atomic E-state index is 10.8. The SMILES string of the molecule is CC(C)OC(=O)C(C)O[C]=O. The molecule has 11 heavy (non-hydrogen) atoms. The molecular formula is C7H11O4. The van der Waals surface area contributed by atoms with Crippen molar-refractivity contribution in [1.29, 1.82) is 0 Å². The highest BCUT2D eigenvalue weighted by Gasteiger charge is 2.16. The van der Waals surface area contributed by atoms with Crippen LogP contribution in [0, 0.1) is 0 Å². The van der Waals surface area contributed by atoms with E-state index in [1.165, 1.54) is 13.4 Å². The minimum Gasteiger partial charge on any atom is -0.460 e. The number of ether oxygens (including phenoxy) is 2. The summed E-state index contributed by atoms with van der Waals surface area (Å²) in [5.41, 5.74) is 0. The smallest absolute Gasteiger partial charge is 0.418 e. The van der Waals surface area contributed by atoms with Crippen molar-refractivity contribution in [2.45, 2.75) is 33.0 Å². The molecule has 0 aliphatic carbocycles. The number of esters is 1. The molecule has 0 bridgehead atoms. The molecule has 0 aromatic carbocycles. The first-order valence-electron chi connectivity index (χ1n) is 3.31. The summed E-state index contributed by atoms with van der Waals surface area (Å²) in [5.74, 6) is -0.552. The Morgan fingerprint density at radius 1 is 1.36 bits per heavy atom. The summed E-state index contributed by atoms with van der Waals surface area (Å²) in [6, 6.07) is 0. The fourth-order valence-corrected chi connectivity index (χ4v) is 0.448. The van der Waals surface area contributed by atoms with Crippen LogP contribution >= 0.6 is 0 Å². The van der Waals surface area contributed by atoms with E-state index in [4.69, 9.17) is 4.74 Å². The molecule has 1 radical (unpaired) electrons. The number of carbonyl (C=O) groups excluding carboxylic acids is 2. The molecule has 0 aliphatic rings. The summed E-state index contributed by atoms with van der Waals surface area (Å²) < 4.78 is 8.95. The molecule has 4 heteroatoms. The van der Waals surface area contributed by atoms with Gasteiger partial charge in [0.2, 0.25) is 0 Å². The van der Waals surface area contributed by atoms with E-state index >= 15 is 0 Å². The minimum absolute atomic E-state index is 0.194. The van der Waals surface area contributed by atoms with Crippen LogP contribution in [0.3, 0.4) is 0 Å². The molecule has 4 nitrogen and oxygen atoms in total. The molecule has 0 saturated carbocycles. The van der Waals surface area contributed by atoms with Crippen LogP contribution in [-0.2, 0) is 19.1 Å². The highest BCUT2D eigenvalue weighted by molar-refractivity contribution is 5.75. The van der Waals surface area contributed by atoms with Crippen LogP contribution in [0.25, 0.3) is 0 Å². The number of carbonyl (C=O) groups is 1. The maximum Gasteiger partial charge on any atom is 0.418 e. The molecule has 0 rings (SSSR count). The Morgan fingerprint density at radius 2 is 1.91 bits per heavy atom. The lowest BCUT2D eigenvalue weighted by Crippen LogP contribution is -2.25. The first-order valence-corrected chi connectivity index (χ1v) is 3.31. The van der Waals surface area contributed by atoms with E-state index in [0.717, 1.165) is 0 Å². The summed E-state index contributed by atoms with van der Waals surface area (Å²) >= 11 is 0. The molecule has 0 heterocycles. The second-order valence-electron chi connectivity index (χ2n) is 2.33. The van der Waals surface area contributed by atoms with Gasteiger partial charge in [-0.2, -0.15) is 0 Å². The molecule has 63 valence electrons. The van der Waals surface area contributed by atoms with Crippen LogP contribution in [0.15, 0.2) is 0 Å². The topological polar surface area (TPSA) is 52.6 Å². The predicted molar refractivity (Wildman–Crippen MR) is 37.5 cm³/mol. The van der Waals surface area contributed by atoms with Crippen molar-refractivity contribution < 1.29 is 19.1 Å². The fraction of sp³-hybridized carbons (Fsp3) is 0.714. The standard InChI is InChI=1S/C7H11O4/c1-5(2)11-7(9)6(3)10-4-8/h5-6H,1-3H3. The van der Waals surface area contributed by atoms with Crippen LogP contribution in [-0.4, -0.2) is 24.6 Å². The average molecular weight is 159 g/mol. The summed E-state index contributed by atoms with van der Waals surface area (Å²) in [6.45, 7) is 6.03. The normalized spacial score (nSPS) is 12.4. The lowest BCUT2D eigenvalue weighted by Gasteiger charge is -2.11. The van der Waals surface area contributed by atoms with Crippen LogP contribution < -0.4 is 0 Å². The Morgan fingerprint density at radius 3 is 2.27 bits per heavy atom. The average Bonchev–Trinajstić information content (AvgIpc) is 1.86. The van der Waals surface area contributed by atoms with Crippen molar-refractivity contribution in [3.05, 3.63) is 0 Å². The zero-order chi connectivity index (χ0) is 8.85. The Kier molecular flexibility index (Phi) is 4.26. The molecule has 0 fully saturated rings. The van der Waals surface area contributed by atoms with E-state index in [-0.39, 0.29) is 6.10 Å². The van der Waals surface area contributed by atoms with Gasteiger partial charge in [-0.25, -0.2) is 9.59 Å². The molecule has 0 aromatic rings. The highest BCUT2D eigenvalue weighted by Crippen LogP contribution is 1.96. The summed E-state index contributed by atoms with van der Waals surface area (Å²) in [5, 5.41) is 0. The molecule has 0 amide bonds. The lowest BCUT2D eigenvalue weighted by atomic mass is 10.4. The van der Waals surface area contributed by atoms with Gasteiger partial charge in [0.05, 0.1) is 6.10 Å². The van der Waals surface area contributed by atoms with Crippen LogP contribution in [0.5, 0.6) is 0 Å². The van der Waals surface area contributed by atoms with Gasteiger partial charge >= 0.3 is 12.4 Å². The van der Waals surface area contributed by atoms with Gasteiger partial charge in [0.1, 0.15) is 0 Å². The second kappa shape index (κ2) is 4.71. The van der Waals surface area contributed by atoms with Crippen molar-refractivity contribution in [2.75, 3.05) is 0 Å². The van der Waals surface area contributed by atoms with Crippen molar-refractivity contribution in [2.24, 2.45) is 0 Å². The second-order valence-corrected chi connectivity index (χ2v) is 2.33. The number of hydrogen-bond acceptors (Lipinski definition) is 4. The van der Waals surface area contributed by atoms with Crippen molar-refractivity contribution in [3.63, 3.8) is 0 Å². The molecule has 1 atom stereocenters. The van der Waals surface area contributed by atoms with Crippen LogP contribution in [0.4, 0.5) is 0 Å². The lowest BCUT2D eigenvalue weighted by molar-refractivity contribution is -0.155. The maximum absolute atomic E-state index is 10.8. The molecule has 0 aliphatic heterocycles. The number of rotatable bonds is 4. The van der Waals surface area contributed by atoms with E-state index in [1.807, 2.05) is 0 Å². The van der Waals surface area contributed by atoms with Gasteiger partial charge in [0, 0.05) is 0 Å². The summed E-state index contributed by atoms with van der Waals surface area (Å²) in [6.07, 6.45) is -1.06. The first kappa shape index (κ1) is 9.94. The molecule has 0 spiro atoms. The fourth-order valence-electron chi connectivity index (χ4n) is 0.448. The van der Waals surface area contributed by atoms with Crippen molar-refractivity contribution in [3.8, 4) is 0 Å². The first-order chi connectivity index (χ1) is 5.07. The van der Waals surface area contributed by atoms with Gasteiger partial charge in [0.25, 0.3) is 0 Å². The largest absolute Gasteiger partial charge is 0.460 e. The molecule has 1 unspecified atom stereocenters. The van der Waals surface area contributed by atoms with E-state index in [9.17, 15) is 9.59 Å². The Hall–Kier alpha value is -1.06. The summed E-state index contributed by atoms with van der Waals surface area (Å²) in [7, 11) is 0. The van der Waals surface area contributed by atoms with Gasteiger partial charge in [-0.05, 0) is 20.8 Å². The zero-order valence-electron chi connectivity index (χ0n) is 6.79. The third kappa shape index (κ3) is 4.36. The third-order valence-electron chi connectivity index (χ3n) is 0.909. The van der Waals surface area contributed by atoms with Crippen molar-refractivity contribution in [1.82, 2.24) is 0 Å². The van der Waals surface area contributed by atoms with Gasteiger partial charge in [-0.3, -0.25) is 0 Å². The van der Waals surface area contributed by atoms with Gasteiger partial charge in [-0.1, -0.05) is 0 Å². The molecule has 0 saturated heterocycles. The molecule has 0 N–H and O–H groups in total. The minimum atomic E-state index is -0.866. The predicted octanol–water partition coefficient (Wildman–Crippen LogP) is 0.410. The van der Waals surface area contributed by atoms with Gasteiger partial charge < -0.3 is 9.47 Å². The monoisotopic (exact) mass is 159 g/mol. The molecule has 0 aromatic heterocycles. The van der Waals surface area contributed by atoms with E-state index in [0.29, 0.717) is 0 Å². The van der Waals surface area contributed by atoms with E-state index in [1.54, 1.807) is 13.8 Å². The third-order valence-corrected chi connectivity index (χ3v) is 0.909. The van der Waals surface area contributed by atoms with Crippen LogP contribution in [0.1, 0.15) is 20.8 Å². The van der Waals surface area contributed by atoms with Crippen molar-refractivity contribution >= 4 is 12.4 Å². The van der Waals surface area contributed by atoms with E-state index < -0.39 is 12.1 Å². The summed E-state index contributed by atoms with van der Waals surface area (Å²) in [4.78, 5) is 20.5. The zero-order valence-corrected chi connectivity index (χ0v) is 6.79. The Balaban J connectivity index is 3.72.